The number of anilines is 1. The number of rotatable bonds is 7. The lowest BCUT2D eigenvalue weighted by molar-refractivity contribution is -0.386. The number of para-hydroxylation sites is 2. The van der Waals surface area contributed by atoms with Gasteiger partial charge in [-0.2, -0.15) is 0 Å². The van der Waals surface area contributed by atoms with E-state index in [-0.39, 0.29) is 22.9 Å². The van der Waals surface area contributed by atoms with Gasteiger partial charge in [-0.1, -0.05) is 12.1 Å². The van der Waals surface area contributed by atoms with Crippen molar-refractivity contribution in [2.75, 3.05) is 19.0 Å². The molecule has 0 aliphatic carbocycles. The predicted octanol–water partition coefficient (Wildman–Crippen LogP) is 2.84. The summed E-state index contributed by atoms with van der Waals surface area (Å²) in [5.41, 5.74) is 0.285. The number of ether oxygens (including phenoxy) is 2. The number of nitro benzene ring substituents is 2. The maximum absolute atomic E-state index is 12.1. The Bertz CT molecular complexity index is 867. The van der Waals surface area contributed by atoms with Crippen molar-refractivity contribution >= 4 is 23.0 Å². The summed E-state index contributed by atoms with van der Waals surface area (Å²) < 4.78 is 10.2. The van der Waals surface area contributed by atoms with Crippen LogP contribution >= 0.6 is 0 Å². The monoisotopic (exact) mass is 361 g/mol. The average molecular weight is 361 g/mol. The van der Waals surface area contributed by atoms with Gasteiger partial charge >= 0.3 is 11.4 Å². The minimum atomic E-state index is -0.613. The normalized spacial score (nSPS) is 10.1. The molecule has 1 amide bonds. The van der Waals surface area contributed by atoms with E-state index in [0.29, 0.717) is 11.3 Å². The van der Waals surface area contributed by atoms with E-state index in [0.717, 1.165) is 0 Å². The molecule has 10 heteroatoms. The van der Waals surface area contributed by atoms with Gasteiger partial charge in [-0.15, -0.1) is 0 Å². The molecule has 0 bridgehead atoms. The molecule has 1 N–H and O–H groups in total. The summed E-state index contributed by atoms with van der Waals surface area (Å²) in [7, 11) is 1.28. The van der Waals surface area contributed by atoms with Crippen LogP contribution in [0, 0.1) is 27.2 Å². The summed E-state index contributed by atoms with van der Waals surface area (Å²) in [6.45, 7) is 1.12. The molecule has 0 saturated carbocycles. The van der Waals surface area contributed by atoms with Crippen LogP contribution < -0.4 is 14.8 Å². The van der Waals surface area contributed by atoms with E-state index in [1.807, 2.05) is 0 Å². The molecule has 2 aromatic carbocycles. The van der Waals surface area contributed by atoms with Crippen LogP contribution in [0.15, 0.2) is 36.4 Å². The topological polar surface area (TPSA) is 134 Å². The summed E-state index contributed by atoms with van der Waals surface area (Å²) in [6.07, 6.45) is 0. The number of benzene rings is 2. The molecule has 26 heavy (non-hydrogen) atoms. The van der Waals surface area contributed by atoms with E-state index in [2.05, 4.69) is 5.32 Å². The number of carbonyl (C=O) groups excluding carboxylic acids is 1. The molecule has 0 unspecified atom stereocenters. The van der Waals surface area contributed by atoms with Crippen molar-refractivity contribution in [1.82, 2.24) is 0 Å². The maximum atomic E-state index is 12.1. The Hall–Kier alpha value is -3.69. The molecule has 2 rings (SSSR count). The molecule has 0 atom stereocenters. The number of hydrogen-bond acceptors (Lipinski definition) is 7. The van der Waals surface area contributed by atoms with Gasteiger partial charge in [0.05, 0.1) is 17.0 Å². The smallest absolute Gasteiger partial charge is 0.311 e. The van der Waals surface area contributed by atoms with E-state index in [9.17, 15) is 25.0 Å². The van der Waals surface area contributed by atoms with Gasteiger partial charge < -0.3 is 14.8 Å². The van der Waals surface area contributed by atoms with Crippen molar-refractivity contribution in [2.24, 2.45) is 0 Å². The van der Waals surface area contributed by atoms with E-state index >= 15 is 0 Å². The SMILES string of the molecule is COc1cc(NC(=O)COc2ccccc2[N+](=O)[O-])c(C)cc1[N+](=O)[O-]. The van der Waals surface area contributed by atoms with E-state index in [1.165, 1.54) is 37.4 Å². The zero-order valence-electron chi connectivity index (χ0n) is 13.9. The first-order valence-corrected chi connectivity index (χ1v) is 7.32. The highest BCUT2D eigenvalue weighted by Gasteiger charge is 2.19. The Morgan fingerprint density at radius 2 is 1.73 bits per heavy atom. The summed E-state index contributed by atoms with van der Waals surface area (Å²) in [5.74, 6) is -0.622. The van der Waals surface area contributed by atoms with Crippen molar-refractivity contribution in [1.29, 1.82) is 0 Å². The number of carbonyl (C=O) groups is 1. The van der Waals surface area contributed by atoms with Crippen LogP contribution in [0.5, 0.6) is 11.5 Å². The van der Waals surface area contributed by atoms with Crippen LogP contribution in [0.1, 0.15) is 5.56 Å². The number of hydrogen-bond donors (Lipinski definition) is 1. The minimum Gasteiger partial charge on any atom is -0.490 e. The Morgan fingerprint density at radius 3 is 2.35 bits per heavy atom. The quantitative estimate of drug-likeness (QED) is 0.592. The van der Waals surface area contributed by atoms with Crippen LogP contribution in [0.4, 0.5) is 17.1 Å². The summed E-state index contributed by atoms with van der Waals surface area (Å²) >= 11 is 0. The predicted molar refractivity (Wildman–Crippen MR) is 91.6 cm³/mol. The summed E-state index contributed by atoms with van der Waals surface area (Å²) in [6, 6.07) is 8.28. The first kappa shape index (κ1) is 18.6. The van der Waals surface area contributed by atoms with E-state index in [1.54, 1.807) is 13.0 Å². The zero-order valence-corrected chi connectivity index (χ0v) is 13.9. The van der Waals surface area contributed by atoms with Crippen LogP contribution in [0.25, 0.3) is 0 Å². The highest BCUT2D eigenvalue weighted by atomic mass is 16.6. The van der Waals surface area contributed by atoms with E-state index in [4.69, 9.17) is 9.47 Å². The first-order valence-electron chi connectivity index (χ1n) is 7.32. The van der Waals surface area contributed by atoms with E-state index < -0.39 is 22.4 Å². The van der Waals surface area contributed by atoms with Gasteiger partial charge in [0.15, 0.2) is 18.1 Å². The highest BCUT2D eigenvalue weighted by Crippen LogP contribution is 2.32. The summed E-state index contributed by atoms with van der Waals surface area (Å²) in [4.78, 5) is 32.7. The molecule has 2 aromatic rings. The van der Waals surface area contributed by atoms with Gasteiger partial charge in [0.25, 0.3) is 5.91 Å². The highest BCUT2D eigenvalue weighted by molar-refractivity contribution is 5.93. The van der Waals surface area contributed by atoms with Crippen LogP contribution in [-0.2, 0) is 4.79 Å². The third-order valence-corrected chi connectivity index (χ3v) is 3.42. The zero-order chi connectivity index (χ0) is 19.3. The van der Waals surface area contributed by atoms with Crippen molar-refractivity contribution in [2.45, 2.75) is 6.92 Å². The first-order chi connectivity index (χ1) is 12.3. The molecule has 0 heterocycles. The fourth-order valence-electron chi connectivity index (χ4n) is 2.17. The van der Waals surface area contributed by atoms with Gasteiger partial charge in [-0.05, 0) is 18.6 Å². The van der Waals surface area contributed by atoms with Crippen LogP contribution in [-0.4, -0.2) is 29.5 Å². The average Bonchev–Trinajstić information content (AvgIpc) is 2.61. The number of methoxy groups -OCH3 is 1. The molecule has 136 valence electrons. The van der Waals surface area contributed by atoms with Gasteiger partial charge in [0, 0.05) is 23.9 Å². The number of nitrogens with one attached hydrogen (secondary N) is 1. The molecular weight excluding hydrogens is 346 g/mol. The third-order valence-electron chi connectivity index (χ3n) is 3.42. The second-order valence-corrected chi connectivity index (χ2v) is 5.16. The molecular formula is C16H15N3O7. The molecule has 0 fully saturated rings. The molecule has 0 saturated heterocycles. The van der Waals surface area contributed by atoms with Crippen molar-refractivity contribution < 1.29 is 24.1 Å². The largest absolute Gasteiger partial charge is 0.490 e. The fourth-order valence-corrected chi connectivity index (χ4v) is 2.17. The Labute approximate surface area is 147 Å². The van der Waals surface area contributed by atoms with Gasteiger partial charge in [-0.25, -0.2) is 0 Å². The standard InChI is InChI=1S/C16H15N3O7/c1-10-7-13(19(23)24)15(25-2)8-11(10)17-16(20)9-26-14-6-4-3-5-12(14)18(21)22/h3-8H,9H2,1-2H3,(H,17,20). The third kappa shape index (κ3) is 4.23. The Morgan fingerprint density at radius 1 is 1.08 bits per heavy atom. The molecule has 0 aliphatic heterocycles. The number of nitro groups is 2. The lowest BCUT2D eigenvalue weighted by Gasteiger charge is -2.11. The van der Waals surface area contributed by atoms with Gasteiger partial charge in [0.2, 0.25) is 0 Å². The fraction of sp³-hybridized carbons (Fsp3) is 0.188. The second kappa shape index (κ2) is 7.92. The Kier molecular flexibility index (Phi) is 5.68. The number of amides is 1. The molecule has 0 aromatic heterocycles. The lowest BCUT2D eigenvalue weighted by Crippen LogP contribution is -2.21. The van der Waals surface area contributed by atoms with Crippen LogP contribution in [0.3, 0.4) is 0 Å². The van der Waals surface area contributed by atoms with Crippen molar-refractivity contribution in [3.8, 4) is 11.5 Å². The molecule has 10 nitrogen and oxygen atoms in total. The molecule has 0 aliphatic rings. The Balaban J connectivity index is 2.11. The lowest BCUT2D eigenvalue weighted by atomic mass is 10.1. The minimum absolute atomic E-state index is 0.00415. The van der Waals surface area contributed by atoms with Crippen LogP contribution in [0.2, 0.25) is 0 Å². The second-order valence-electron chi connectivity index (χ2n) is 5.16. The van der Waals surface area contributed by atoms with Crippen molar-refractivity contribution in [3.63, 3.8) is 0 Å². The number of nitrogens with zero attached hydrogens (tertiary/aromatic N) is 2. The maximum Gasteiger partial charge on any atom is 0.311 e. The van der Waals surface area contributed by atoms with Gasteiger partial charge in [-0.3, -0.25) is 25.0 Å². The van der Waals surface area contributed by atoms with Gasteiger partial charge in [0.1, 0.15) is 0 Å². The molecule has 0 radical (unpaired) electrons. The summed E-state index contributed by atoms with van der Waals surface area (Å²) in [5, 5.41) is 24.4. The number of aryl methyl sites for hydroxylation is 1. The van der Waals surface area contributed by atoms with Crippen molar-refractivity contribution in [3.05, 3.63) is 62.2 Å². The molecule has 0 spiro atoms.